The topological polar surface area (TPSA) is 111 Å². The molecule has 1 aliphatic carbocycles. The Morgan fingerprint density at radius 2 is 1.85 bits per heavy atom. The summed E-state index contributed by atoms with van der Waals surface area (Å²) in [6.07, 6.45) is 6.88. The molecule has 1 heterocycles. The SMILES string of the molecule is CNC(=O)[C@@H](NC(=O)c1ccn(-c2ccc(N[O-])cc2)n1)C1CCCCC1. The van der Waals surface area contributed by atoms with Gasteiger partial charge in [0.15, 0.2) is 5.69 Å². The molecule has 27 heavy (non-hydrogen) atoms. The standard InChI is InChI=1S/C19H24N5O3/c1-20-19(26)17(13-5-3-2-4-6-13)21-18(25)16-11-12-24(22-16)15-9-7-14(23-27)8-10-15/h7-13,17,23H,2-6H2,1H3,(H,20,26)(H,21,25)/q-1/t17-/m0/s1. The summed E-state index contributed by atoms with van der Waals surface area (Å²) in [6.45, 7) is 0. The van der Waals surface area contributed by atoms with Crippen molar-refractivity contribution >= 4 is 17.5 Å². The van der Waals surface area contributed by atoms with Crippen LogP contribution in [0.25, 0.3) is 5.69 Å². The molecular weight excluding hydrogens is 346 g/mol. The lowest BCUT2D eigenvalue weighted by molar-refractivity contribution is -0.124. The molecule has 8 nitrogen and oxygen atoms in total. The van der Waals surface area contributed by atoms with Crippen LogP contribution in [-0.2, 0) is 4.79 Å². The fraction of sp³-hybridized carbons (Fsp3) is 0.421. The Kier molecular flexibility index (Phi) is 6.08. The van der Waals surface area contributed by atoms with E-state index in [2.05, 4.69) is 15.7 Å². The summed E-state index contributed by atoms with van der Waals surface area (Å²) >= 11 is 0. The molecular formula is C19H24N5O3-. The van der Waals surface area contributed by atoms with E-state index >= 15 is 0 Å². The van der Waals surface area contributed by atoms with Gasteiger partial charge in [0, 0.05) is 18.9 Å². The predicted molar refractivity (Wildman–Crippen MR) is 102 cm³/mol. The summed E-state index contributed by atoms with van der Waals surface area (Å²) in [6, 6.07) is 7.78. The number of aromatic nitrogens is 2. The largest absolute Gasteiger partial charge is 0.761 e. The Hall–Kier alpha value is -2.87. The maximum Gasteiger partial charge on any atom is 0.272 e. The van der Waals surface area contributed by atoms with Crippen molar-refractivity contribution in [3.63, 3.8) is 0 Å². The van der Waals surface area contributed by atoms with E-state index in [9.17, 15) is 14.8 Å². The number of benzene rings is 1. The lowest BCUT2D eigenvalue weighted by Crippen LogP contribution is -2.50. The molecule has 2 amide bonds. The van der Waals surface area contributed by atoms with Crippen LogP contribution in [0.4, 0.5) is 5.69 Å². The van der Waals surface area contributed by atoms with Gasteiger partial charge in [-0.3, -0.25) is 9.59 Å². The lowest BCUT2D eigenvalue weighted by Gasteiger charge is -2.29. The number of carbonyl (C=O) groups is 2. The van der Waals surface area contributed by atoms with Crippen LogP contribution in [-0.4, -0.2) is 34.7 Å². The van der Waals surface area contributed by atoms with Gasteiger partial charge in [-0.1, -0.05) is 19.3 Å². The third-order valence-corrected chi connectivity index (χ3v) is 5.01. The van der Waals surface area contributed by atoms with Gasteiger partial charge < -0.3 is 21.3 Å². The average Bonchev–Trinajstić information content (AvgIpc) is 3.22. The van der Waals surface area contributed by atoms with Crippen LogP contribution >= 0.6 is 0 Å². The predicted octanol–water partition coefficient (Wildman–Crippen LogP) is 2.21. The Bertz CT molecular complexity index is 781. The first-order valence-corrected chi connectivity index (χ1v) is 9.19. The van der Waals surface area contributed by atoms with E-state index in [0.29, 0.717) is 5.69 Å². The fourth-order valence-corrected chi connectivity index (χ4v) is 3.51. The van der Waals surface area contributed by atoms with Gasteiger partial charge >= 0.3 is 0 Å². The van der Waals surface area contributed by atoms with Crippen molar-refractivity contribution in [3.05, 3.63) is 47.4 Å². The van der Waals surface area contributed by atoms with Gasteiger partial charge in [0.1, 0.15) is 6.04 Å². The first-order valence-electron chi connectivity index (χ1n) is 9.19. The van der Waals surface area contributed by atoms with Crippen LogP contribution in [0.1, 0.15) is 42.6 Å². The number of amides is 2. The number of carbonyl (C=O) groups excluding carboxylic acids is 2. The highest BCUT2D eigenvalue weighted by atomic mass is 16.5. The Morgan fingerprint density at radius 3 is 2.48 bits per heavy atom. The molecule has 1 atom stereocenters. The third kappa shape index (κ3) is 4.46. The summed E-state index contributed by atoms with van der Waals surface area (Å²) < 4.78 is 1.55. The second kappa shape index (κ2) is 8.68. The maximum atomic E-state index is 12.6. The molecule has 2 aromatic rings. The van der Waals surface area contributed by atoms with Gasteiger partial charge in [-0.2, -0.15) is 5.10 Å². The smallest absolute Gasteiger partial charge is 0.272 e. The summed E-state index contributed by atoms with van der Waals surface area (Å²) in [5.41, 5.74) is 3.23. The van der Waals surface area contributed by atoms with Gasteiger partial charge in [-0.15, -0.1) is 0 Å². The number of hydrogen-bond acceptors (Lipinski definition) is 5. The molecule has 0 unspecified atom stereocenters. The number of likely N-dealkylation sites (N-methyl/N-ethyl adjacent to an activating group) is 1. The molecule has 1 aliphatic rings. The van der Waals surface area contributed by atoms with Crippen molar-refractivity contribution in [2.45, 2.75) is 38.1 Å². The zero-order valence-corrected chi connectivity index (χ0v) is 15.3. The van der Waals surface area contributed by atoms with Gasteiger partial charge in [0.05, 0.1) is 5.69 Å². The highest BCUT2D eigenvalue weighted by molar-refractivity contribution is 5.96. The van der Waals surface area contributed by atoms with Crippen LogP contribution in [0.2, 0.25) is 0 Å². The molecule has 3 N–H and O–H groups in total. The first kappa shape index (κ1) is 18.9. The third-order valence-electron chi connectivity index (χ3n) is 5.01. The molecule has 1 aromatic heterocycles. The zero-order chi connectivity index (χ0) is 19.2. The highest BCUT2D eigenvalue weighted by Gasteiger charge is 2.31. The Balaban J connectivity index is 1.72. The zero-order valence-electron chi connectivity index (χ0n) is 15.3. The number of nitrogens with one attached hydrogen (secondary N) is 3. The van der Waals surface area contributed by atoms with Crippen LogP contribution in [0, 0.1) is 11.1 Å². The highest BCUT2D eigenvalue weighted by Crippen LogP contribution is 2.26. The van der Waals surface area contributed by atoms with Crippen molar-refractivity contribution in [1.82, 2.24) is 20.4 Å². The minimum atomic E-state index is -0.546. The van der Waals surface area contributed by atoms with Crippen molar-refractivity contribution in [2.24, 2.45) is 5.92 Å². The van der Waals surface area contributed by atoms with E-state index in [0.717, 1.165) is 31.4 Å². The molecule has 144 valence electrons. The summed E-state index contributed by atoms with van der Waals surface area (Å²) in [4.78, 5) is 24.9. The Morgan fingerprint density at radius 1 is 1.15 bits per heavy atom. The summed E-state index contributed by atoms with van der Waals surface area (Å²) in [5, 5.41) is 20.4. The molecule has 0 saturated heterocycles. The van der Waals surface area contributed by atoms with E-state index in [-0.39, 0.29) is 23.4 Å². The average molecular weight is 370 g/mol. The van der Waals surface area contributed by atoms with E-state index in [4.69, 9.17) is 0 Å². The van der Waals surface area contributed by atoms with Crippen molar-refractivity contribution in [3.8, 4) is 5.69 Å². The monoisotopic (exact) mass is 370 g/mol. The normalized spacial score (nSPS) is 15.8. The molecule has 8 heteroatoms. The van der Waals surface area contributed by atoms with Crippen LogP contribution in [0.15, 0.2) is 36.5 Å². The van der Waals surface area contributed by atoms with Crippen molar-refractivity contribution < 1.29 is 9.59 Å². The number of rotatable bonds is 6. The van der Waals surface area contributed by atoms with Gasteiger partial charge in [-0.05, 0) is 49.1 Å². The lowest BCUT2D eigenvalue weighted by atomic mass is 9.83. The van der Waals surface area contributed by atoms with E-state index < -0.39 is 6.04 Å². The molecule has 0 spiro atoms. The fourth-order valence-electron chi connectivity index (χ4n) is 3.51. The molecule has 1 aromatic carbocycles. The minimum absolute atomic E-state index is 0.150. The number of anilines is 1. The Labute approximate surface area is 157 Å². The molecule has 1 fully saturated rings. The van der Waals surface area contributed by atoms with Crippen LogP contribution < -0.4 is 16.1 Å². The number of nitrogens with zero attached hydrogens (tertiary/aromatic N) is 2. The second-order valence-corrected chi connectivity index (χ2v) is 6.76. The van der Waals surface area contributed by atoms with Gasteiger partial charge in [0.2, 0.25) is 5.91 Å². The van der Waals surface area contributed by atoms with Crippen LogP contribution in [0.5, 0.6) is 0 Å². The van der Waals surface area contributed by atoms with E-state index in [1.54, 1.807) is 48.3 Å². The van der Waals surface area contributed by atoms with E-state index in [1.165, 1.54) is 6.42 Å². The molecule has 1 saturated carbocycles. The molecule has 0 aliphatic heterocycles. The van der Waals surface area contributed by atoms with Crippen molar-refractivity contribution in [2.75, 3.05) is 12.5 Å². The molecule has 0 radical (unpaired) electrons. The van der Waals surface area contributed by atoms with E-state index in [1.807, 2.05) is 5.48 Å². The van der Waals surface area contributed by atoms with Gasteiger partial charge in [-0.25, -0.2) is 4.68 Å². The van der Waals surface area contributed by atoms with Crippen LogP contribution in [0.3, 0.4) is 0 Å². The maximum absolute atomic E-state index is 12.6. The molecule has 3 rings (SSSR count). The summed E-state index contributed by atoms with van der Waals surface area (Å²) in [5.74, 6) is -0.391. The van der Waals surface area contributed by atoms with Crippen molar-refractivity contribution in [1.29, 1.82) is 0 Å². The second-order valence-electron chi connectivity index (χ2n) is 6.76. The van der Waals surface area contributed by atoms with Gasteiger partial charge in [0.25, 0.3) is 5.91 Å². The quantitative estimate of drug-likeness (QED) is 0.675. The molecule has 0 bridgehead atoms. The number of hydrogen-bond donors (Lipinski definition) is 3. The first-order chi connectivity index (χ1) is 13.1. The minimum Gasteiger partial charge on any atom is -0.761 e. The summed E-state index contributed by atoms with van der Waals surface area (Å²) in [7, 11) is 1.58.